The number of pyridine rings is 1. The van der Waals surface area contributed by atoms with Crippen LogP contribution in [0.4, 0.5) is 4.39 Å². The van der Waals surface area contributed by atoms with E-state index in [0.717, 1.165) is 10.6 Å². The minimum atomic E-state index is -0.656. The Morgan fingerprint density at radius 1 is 1.06 bits per heavy atom. The van der Waals surface area contributed by atoms with Crippen molar-refractivity contribution in [3.8, 4) is 5.69 Å². The zero-order chi connectivity index (χ0) is 21.7. The zero-order valence-electron chi connectivity index (χ0n) is 15.7. The smallest absolute Gasteiger partial charge is 0.286 e. The fraction of sp³-hybridized carbons (Fsp3) is 0.0476. The summed E-state index contributed by atoms with van der Waals surface area (Å²) >= 11 is 7.05. The number of rotatable bonds is 3. The molecular weight excluding hydrogens is 443 g/mol. The van der Waals surface area contributed by atoms with Gasteiger partial charge in [-0.05, 0) is 41.8 Å². The molecule has 5 aromatic rings. The van der Waals surface area contributed by atoms with Crippen molar-refractivity contribution in [1.29, 1.82) is 0 Å². The summed E-state index contributed by atoms with van der Waals surface area (Å²) < 4.78 is 17.7. The molecule has 4 aromatic heterocycles. The molecule has 0 amide bonds. The number of halogens is 2. The minimum absolute atomic E-state index is 0.0259. The van der Waals surface area contributed by atoms with Gasteiger partial charge in [0.05, 0.1) is 28.5 Å². The van der Waals surface area contributed by atoms with Crippen LogP contribution in [0.1, 0.15) is 5.69 Å². The SMILES string of the molecule is O=c1c2sccc2n(Cc2cc(=O)n3ccccc3n2)c(=O)n1-c1ccc(F)c(Cl)c1. The second-order valence-electron chi connectivity index (χ2n) is 6.76. The first-order valence-corrected chi connectivity index (χ1v) is 10.4. The zero-order valence-corrected chi connectivity index (χ0v) is 17.2. The van der Waals surface area contributed by atoms with Gasteiger partial charge < -0.3 is 0 Å². The van der Waals surface area contributed by atoms with Gasteiger partial charge in [0.1, 0.15) is 16.2 Å². The molecule has 0 aliphatic heterocycles. The van der Waals surface area contributed by atoms with Gasteiger partial charge in [0, 0.05) is 12.3 Å². The number of aromatic nitrogens is 4. The third-order valence-corrected chi connectivity index (χ3v) is 6.04. The van der Waals surface area contributed by atoms with Crippen LogP contribution in [-0.4, -0.2) is 18.5 Å². The van der Waals surface area contributed by atoms with Crippen LogP contribution in [0.3, 0.4) is 0 Å². The second kappa shape index (κ2) is 7.29. The summed E-state index contributed by atoms with van der Waals surface area (Å²) in [7, 11) is 0. The number of fused-ring (bicyclic) bond motifs is 2. The molecule has 0 saturated carbocycles. The van der Waals surface area contributed by atoms with Gasteiger partial charge in [0.25, 0.3) is 11.1 Å². The van der Waals surface area contributed by atoms with E-state index in [1.165, 1.54) is 38.5 Å². The summed E-state index contributed by atoms with van der Waals surface area (Å²) in [5, 5.41) is 1.50. The Balaban J connectivity index is 1.75. The van der Waals surface area contributed by atoms with Crippen LogP contribution in [0.25, 0.3) is 21.6 Å². The van der Waals surface area contributed by atoms with E-state index in [0.29, 0.717) is 21.6 Å². The van der Waals surface area contributed by atoms with E-state index >= 15 is 0 Å². The highest BCUT2D eigenvalue weighted by molar-refractivity contribution is 7.17. The molecule has 7 nitrogen and oxygen atoms in total. The highest BCUT2D eigenvalue weighted by atomic mass is 35.5. The molecular formula is C21H12ClFN4O3S. The average molecular weight is 455 g/mol. The molecule has 0 aliphatic rings. The molecule has 0 radical (unpaired) electrons. The van der Waals surface area contributed by atoms with E-state index in [1.807, 2.05) is 0 Å². The van der Waals surface area contributed by atoms with Crippen LogP contribution in [0.2, 0.25) is 5.02 Å². The number of thiophene rings is 1. The lowest BCUT2D eigenvalue weighted by Crippen LogP contribution is -2.39. The van der Waals surface area contributed by atoms with Crippen LogP contribution in [0.5, 0.6) is 0 Å². The van der Waals surface area contributed by atoms with Crippen molar-refractivity contribution in [3.05, 3.63) is 108 Å². The topological polar surface area (TPSA) is 78.4 Å². The van der Waals surface area contributed by atoms with Gasteiger partial charge in [-0.25, -0.2) is 18.7 Å². The largest absolute Gasteiger partial charge is 0.336 e. The molecule has 0 fully saturated rings. The van der Waals surface area contributed by atoms with E-state index in [1.54, 1.807) is 35.8 Å². The monoisotopic (exact) mass is 454 g/mol. The predicted octanol–water partition coefficient (Wildman–Crippen LogP) is 3.06. The van der Waals surface area contributed by atoms with Crippen molar-refractivity contribution >= 4 is 38.8 Å². The average Bonchev–Trinajstić information content (AvgIpc) is 3.24. The van der Waals surface area contributed by atoms with Gasteiger partial charge in [-0.3, -0.25) is 18.6 Å². The summed E-state index contributed by atoms with van der Waals surface area (Å²) in [6.07, 6.45) is 1.61. The Morgan fingerprint density at radius 3 is 2.71 bits per heavy atom. The van der Waals surface area contributed by atoms with E-state index in [4.69, 9.17) is 11.6 Å². The maximum atomic E-state index is 13.6. The van der Waals surface area contributed by atoms with Gasteiger partial charge in [0.2, 0.25) is 0 Å². The Bertz CT molecular complexity index is 1670. The van der Waals surface area contributed by atoms with E-state index in [2.05, 4.69) is 4.98 Å². The van der Waals surface area contributed by atoms with E-state index in [9.17, 15) is 18.8 Å². The fourth-order valence-electron chi connectivity index (χ4n) is 3.44. The molecule has 0 saturated heterocycles. The molecule has 1 aromatic carbocycles. The molecule has 0 atom stereocenters. The van der Waals surface area contributed by atoms with Gasteiger partial charge in [-0.2, -0.15) is 0 Å². The summed E-state index contributed by atoms with van der Waals surface area (Å²) in [6, 6.07) is 11.8. The lowest BCUT2D eigenvalue weighted by atomic mass is 10.3. The van der Waals surface area contributed by atoms with E-state index in [-0.39, 0.29) is 22.8 Å². The Hall–Kier alpha value is -3.56. The second-order valence-corrected chi connectivity index (χ2v) is 8.08. The minimum Gasteiger partial charge on any atom is -0.286 e. The highest BCUT2D eigenvalue weighted by Gasteiger charge is 2.17. The van der Waals surface area contributed by atoms with Gasteiger partial charge in [0.15, 0.2) is 0 Å². The highest BCUT2D eigenvalue weighted by Crippen LogP contribution is 2.20. The van der Waals surface area contributed by atoms with Crippen molar-refractivity contribution in [1.82, 2.24) is 18.5 Å². The van der Waals surface area contributed by atoms with Crippen LogP contribution in [0.15, 0.2) is 74.5 Å². The van der Waals surface area contributed by atoms with Gasteiger partial charge in [-0.1, -0.05) is 17.7 Å². The fourth-order valence-corrected chi connectivity index (χ4v) is 4.44. The van der Waals surface area contributed by atoms with Gasteiger partial charge in [-0.15, -0.1) is 11.3 Å². The normalized spacial score (nSPS) is 11.4. The molecule has 10 heteroatoms. The van der Waals surface area contributed by atoms with Crippen molar-refractivity contribution < 1.29 is 4.39 Å². The Labute approximate surface area is 181 Å². The molecule has 0 unspecified atom stereocenters. The summed E-state index contributed by atoms with van der Waals surface area (Å²) in [4.78, 5) is 43.2. The number of nitrogens with zero attached hydrogens (tertiary/aromatic N) is 4. The Morgan fingerprint density at radius 2 is 1.90 bits per heavy atom. The third-order valence-electron chi connectivity index (χ3n) is 4.86. The lowest BCUT2D eigenvalue weighted by Gasteiger charge is -2.13. The molecule has 5 rings (SSSR count). The number of hydrogen-bond acceptors (Lipinski definition) is 5. The molecule has 31 heavy (non-hydrogen) atoms. The number of benzene rings is 1. The maximum absolute atomic E-state index is 13.6. The molecule has 0 bridgehead atoms. The standard InChI is InChI=1S/C21H12ClFN4O3S/c22-14-10-13(4-5-15(14)23)27-20(29)19-16(6-8-31-19)26(21(27)30)11-12-9-18(28)25-7-2-1-3-17(25)24-12/h1-10H,11H2. The first kappa shape index (κ1) is 19.4. The predicted molar refractivity (Wildman–Crippen MR) is 117 cm³/mol. The first-order valence-electron chi connectivity index (χ1n) is 9.10. The van der Waals surface area contributed by atoms with E-state index < -0.39 is 17.1 Å². The van der Waals surface area contributed by atoms with Crippen molar-refractivity contribution in [2.75, 3.05) is 0 Å². The molecule has 0 spiro atoms. The van der Waals surface area contributed by atoms with Crippen molar-refractivity contribution in [2.24, 2.45) is 0 Å². The van der Waals surface area contributed by atoms with Gasteiger partial charge >= 0.3 is 5.69 Å². The van der Waals surface area contributed by atoms with Crippen LogP contribution >= 0.6 is 22.9 Å². The third kappa shape index (κ3) is 3.18. The quantitative estimate of drug-likeness (QED) is 0.420. The summed E-state index contributed by atoms with van der Waals surface area (Å²) in [5.74, 6) is -0.656. The summed E-state index contributed by atoms with van der Waals surface area (Å²) in [6.45, 7) is -0.0259. The van der Waals surface area contributed by atoms with Crippen molar-refractivity contribution in [2.45, 2.75) is 6.54 Å². The molecule has 0 aliphatic carbocycles. The maximum Gasteiger partial charge on any atom is 0.336 e. The lowest BCUT2D eigenvalue weighted by molar-refractivity contribution is 0.627. The van der Waals surface area contributed by atoms with Crippen molar-refractivity contribution in [3.63, 3.8) is 0 Å². The van der Waals surface area contributed by atoms with Crippen LogP contribution in [-0.2, 0) is 6.54 Å². The molecule has 4 heterocycles. The molecule has 0 N–H and O–H groups in total. The number of hydrogen-bond donors (Lipinski definition) is 0. The first-order chi connectivity index (χ1) is 14.9. The Kier molecular flexibility index (Phi) is 4.57. The van der Waals surface area contributed by atoms with Crippen LogP contribution in [0, 0.1) is 5.82 Å². The molecule has 154 valence electrons. The van der Waals surface area contributed by atoms with Crippen LogP contribution < -0.4 is 16.8 Å². The summed E-state index contributed by atoms with van der Waals surface area (Å²) in [5.41, 5.74) is -0.0640.